The van der Waals surface area contributed by atoms with Gasteiger partial charge in [-0.25, -0.2) is 0 Å². The fourth-order valence-electron chi connectivity index (χ4n) is 1.60. The zero-order valence-corrected chi connectivity index (χ0v) is 8.08. The van der Waals surface area contributed by atoms with E-state index < -0.39 is 0 Å². The second-order valence-corrected chi connectivity index (χ2v) is 3.99. The molecule has 0 aliphatic carbocycles. The van der Waals surface area contributed by atoms with E-state index in [-0.39, 0.29) is 11.9 Å². The van der Waals surface area contributed by atoms with E-state index in [1.165, 1.54) is 0 Å². The monoisotopic (exact) mass is 170 g/mol. The van der Waals surface area contributed by atoms with E-state index in [1.807, 2.05) is 4.90 Å². The van der Waals surface area contributed by atoms with E-state index in [2.05, 4.69) is 13.8 Å². The lowest BCUT2D eigenvalue weighted by atomic mass is 10.0. The Labute approximate surface area is 73.9 Å². The third kappa shape index (κ3) is 1.78. The molecule has 1 amide bonds. The second kappa shape index (κ2) is 3.44. The quantitative estimate of drug-likeness (QED) is 0.621. The molecule has 3 heteroatoms. The maximum Gasteiger partial charge on any atom is 0.239 e. The maximum atomic E-state index is 11.4. The summed E-state index contributed by atoms with van der Waals surface area (Å²) in [6, 6.07) is -0.345. The van der Waals surface area contributed by atoms with Crippen molar-refractivity contribution >= 4 is 5.91 Å². The summed E-state index contributed by atoms with van der Waals surface area (Å²) in [5.74, 6) is 1.33. The van der Waals surface area contributed by atoms with Crippen LogP contribution in [0.15, 0.2) is 0 Å². The van der Waals surface area contributed by atoms with Crippen LogP contribution in [-0.2, 0) is 4.79 Å². The first-order valence-corrected chi connectivity index (χ1v) is 4.56. The summed E-state index contributed by atoms with van der Waals surface area (Å²) in [6.07, 6.45) is 0. The Morgan fingerprint density at radius 1 is 1.42 bits per heavy atom. The molecule has 3 atom stereocenters. The molecule has 1 rings (SSSR count). The molecular formula is C9H18N2O. The third-order valence-corrected chi connectivity index (χ3v) is 2.69. The molecule has 1 saturated heterocycles. The summed E-state index contributed by atoms with van der Waals surface area (Å²) in [7, 11) is 0. The molecule has 70 valence electrons. The van der Waals surface area contributed by atoms with E-state index in [9.17, 15) is 4.79 Å². The predicted octanol–water partition coefficient (Wildman–Crippen LogP) is 0.448. The lowest BCUT2D eigenvalue weighted by molar-refractivity contribution is -0.131. The largest absolute Gasteiger partial charge is 0.341 e. The van der Waals surface area contributed by atoms with E-state index in [1.54, 1.807) is 6.92 Å². The molecular weight excluding hydrogens is 152 g/mol. The van der Waals surface area contributed by atoms with Gasteiger partial charge >= 0.3 is 0 Å². The number of rotatable bonds is 1. The molecule has 1 aliphatic heterocycles. The van der Waals surface area contributed by atoms with Gasteiger partial charge < -0.3 is 10.6 Å². The van der Waals surface area contributed by atoms with Gasteiger partial charge in [0.1, 0.15) is 0 Å². The average Bonchev–Trinajstić information content (AvgIpc) is 2.30. The normalized spacial score (nSPS) is 32.2. The highest BCUT2D eigenvalue weighted by atomic mass is 16.2. The SMILES string of the molecule is CC(N)C(=O)N1CC(C)C(C)C1. The minimum atomic E-state index is -0.345. The van der Waals surface area contributed by atoms with Gasteiger partial charge in [-0.1, -0.05) is 13.8 Å². The van der Waals surface area contributed by atoms with Gasteiger partial charge in [-0.2, -0.15) is 0 Å². The van der Waals surface area contributed by atoms with Crippen molar-refractivity contribution in [3.05, 3.63) is 0 Å². The molecule has 0 saturated carbocycles. The molecule has 0 aromatic heterocycles. The van der Waals surface area contributed by atoms with Crippen molar-refractivity contribution in [1.29, 1.82) is 0 Å². The zero-order chi connectivity index (χ0) is 9.30. The average molecular weight is 170 g/mol. The second-order valence-electron chi connectivity index (χ2n) is 3.99. The fraction of sp³-hybridized carbons (Fsp3) is 0.889. The molecule has 0 bridgehead atoms. The lowest BCUT2D eigenvalue weighted by Gasteiger charge is -2.17. The first-order chi connectivity index (χ1) is 5.52. The van der Waals surface area contributed by atoms with Gasteiger partial charge in [-0.05, 0) is 18.8 Å². The fourth-order valence-corrected chi connectivity index (χ4v) is 1.60. The minimum Gasteiger partial charge on any atom is -0.341 e. The van der Waals surface area contributed by atoms with Crippen LogP contribution in [0.25, 0.3) is 0 Å². The molecule has 0 aromatic carbocycles. The number of carbonyl (C=O) groups excluding carboxylic acids is 1. The summed E-state index contributed by atoms with van der Waals surface area (Å²) >= 11 is 0. The van der Waals surface area contributed by atoms with Crippen molar-refractivity contribution < 1.29 is 4.79 Å². The molecule has 12 heavy (non-hydrogen) atoms. The minimum absolute atomic E-state index is 0.0891. The van der Waals surface area contributed by atoms with Gasteiger partial charge in [0.15, 0.2) is 0 Å². The number of amides is 1. The van der Waals surface area contributed by atoms with E-state index in [0.717, 1.165) is 13.1 Å². The van der Waals surface area contributed by atoms with Crippen molar-refractivity contribution in [3.63, 3.8) is 0 Å². The summed E-state index contributed by atoms with van der Waals surface area (Å²) in [4.78, 5) is 13.3. The molecule has 0 aromatic rings. The first kappa shape index (κ1) is 9.52. The number of hydrogen-bond acceptors (Lipinski definition) is 2. The van der Waals surface area contributed by atoms with E-state index in [4.69, 9.17) is 5.73 Å². The molecule has 3 unspecified atom stereocenters. The van der Waals surface area contributed by atoms with E-state index in [0.29, 0.717) is 11.8 Å². The molecule has 0 spiro atoms. The van der Waals surface area contributed by atoms with Crippen molar-refractivity contribution in [3.8, 4) is 0 Å². The molecule has 1 fully saturated rings. The highest BCUT2D eigenvalue weighted by Crippen LogP contribution is 2.22. The smallest absolute Gasteiger partial charge is 0.239 e. The van der Waals surface area contributed by atoms with Crippen molar-refractivity contribution in [2.75, 3.05) is 13.1 Å². The topological polar surface area (TPSA) is 46.3 Å². The van der Waals surface area contributed by atoms with Crippen LogP contribution < -0.4 is 5.73 Å². The van der Waals surface area contributed by atoms with Gasteiger partial charge in [-0.3, -0.25) is 4.79 Å². The summed E-state index contributed by atoms with van der Waals surface area (Å²) < 4.78 is 0. The number of hydrogen-bond donors (Lipinski definition) is 1. The van der Waals surface area contributed by atoms with Crippen LogP contribution in [0.5, 0.6) is 0 Å². The van der Waals surface area contributed by atoms with Crippen LogP contribution in [0.3, 0.4) is 0 Å². The van der Waals surface area contributed by atoms with Crippen molar-refractivity contribution in [1.82, 2.24) is 4.90 Å². The van der Waals surface area contributed by atoms with Gasteiger partial charge in [0, 0.05) is 13.1 Å². The van der Waals surface area contributed by atoms with Crippen LogP contribution in [-0.4, -0.2) is 29.9 Å². The number of nitrogens with zero attached hydrogens (tertiary/aromatic N) is 1. The molecule has 1 aliphatic rings. The van der Waals surface area contributed by atoms with Crippen LogP contribution in [0.4, 0.5) is 0 Å². The maximum absolute atomic E-state index is 11.4. The Morgan fingerprint density at radius 2 is 1.83 bits per heavy atom. The number of nitrogens with two attached hydrogens (primary N) is 1. The van der Waals surface area contributed by atoms with Crippen LogP contribution >= 0.6 is 0 Å². The Bertz CT molecular complexity index is 169. The van der Waals surface area contributed by atoms with Gasteiger partial charge in [0.2, 0.25) is 5.91 Å². The molecule has 3 nitrogen and oxygen atoms in total. The Balaban J connectivity index is 2.52. The lowest BCUT2D eigenvalue weighted by Crippen LogP contribution is -2.40. The van der Waals surface area contributed by atoms with Gasteiger partial charge in [0.05, 0.1) is 6.04 Å². The van der Waals surface area contributed by atoms with E-state index >= 15 is 0 Å². The Hall–Kier alpha value is -0.570. The summed E-state index contributed by atoms with van der Waals surface area (Å²) in [5, 5.41) is 0. The van der Waals surface area contributed by atoms with Crippen LogP contribution in [0.2, 0.25) is 0 Å². The van der Waals surface area contributed by atoms with Gasteiger partial charge in [0.25, 0.3) is 0 Å². The third-order valence-electron chi connectivity index (χ3n) is 2.69. The zero-order valence-electron chi connectivity index (χ0n) is 8.08. The summed E-state index contributed by atoms with van der Waals surface area (Å²) in [6.45, 7) is 7.86. The number of likely N-dealkylation sites (tertiary alicyclic amines) is 1. The Kier molecular flexibility index (Phi) is 2.73. The van der Waals surface area contributed by atoms with Gasteiger partial charge in [-0.15, -0.1) is 0 Å². The predicted molar refractivity (Wildman–Crippen MR) is 48.6 cm³/mol. The van der Waals surface area contributed by atoms with Crippen LogP contribution in [0, 0.1) is 11.8 Å². The van der Waals surface area contributed by atoms with Crippen molar-refractivity contribution in [2.45, 2.75) is 26.8 Å². The Morgan fingerprint density at radius 3 is 2.17 bits per heavy atom. The molecule has 1 heterocycles. The van der Waals surface area contributed by atoms with Crippen molar-refractivity contribution in [2.24, 2.45) is 17.6 Å². The highest BCUT2D eigenvalue weighted by molar-refractivity contribution is 5.81. The summed E-state index contributed by atoms with van der Waals surface area (Å²) in [5.41, 5.74) is 5.52. The molecule has 0 radical (unpaired) electrons. The highest BCUT2D eigenvalue weighted by Gasteiger charge is 2.30. The first-order valence-electron chi connectivity index (χ1n) is 4.56. The number of carbonyl (C=O) groups is 1. The molecule has 2 N–H and O–H groups in total. The van der Waals surface area contributed by atoms with Crippen LogP contribution in [0.1, 0.15) is 20.8 Å². The standard InChI is InChI=1S/C9H18N2O/c1-6-4-11(5-7(6)2)9(12)8(3)10/h6-8H,4-5,10H2,1-3H3.